The number of likely N-dealkylation sites (N-methyl/N-ethyl adjacent to an activating group) is 1. The summed E-state index contributed by atoms with van der Waals surface area (Å²) >= 11 is 9.86. The molecule has 2 heterocycles. The zero-order valence-electron chi connectivity index (χ0n) is 11.7. The van der Waals surface area contributed by atoms with Crippen LogP contribution in [0.1, 0.15) is 22.7 Å². The van der Waals surface area contributed by atoms with E-state index in [9.17, 15) is 0 Å². The van der Waals surface area contributed by atoms with Crippen LogP contribution < -0.4 is 10.1 Å². The third kappa shape index (κ3) is 3.07. The van der Waals surface area contributed by atoms with Crippen molar-refractivity contribution in [2.24, 2.45) is 0 Å². The van der Waals surface area contributed by atoms with Gasteiger partial charge < -0.3 is 10.1 Å². The second-order valence-electron chi connectivity index (χ2n) is 5.09. The minimum absolute atomic E-state index is 0.128. The molecule has 3 nitrogen and oxygen atoms in total. The number of hydrogen-bond donors (Lipinski definition) is 1. The Labute approximate surface area is 137 Å². The van der Waals surface area contributed by atoms with Gasteiger partial charge in [0.2, 0.25) is 0 Å². The van der Waals surface area contributed by atoms with Crippen LogP contribution in [0.4, 0.5) is 0 Å². The maximum absolute atomic E-state index is 6.27. The fraction of sp³-hybridized carbons (Fsp3) is 0.312. The van der Waals surface area contributed by atoms with Gasteiger partial charge in [-0.2, -0.15) is 0 Å². The van der Waals surface area contributed by atoms with Gasteiger partial charge >= 0.3 is 0 Å². The van der Waals surface area contributed by atoms with E-state index in [1.54, 1.807) is 12.4 Å². The van der Waals surface area contributed by atoms with Crippen LogP contribution in [0, 0.1) is 0 Å². The van der Waals surface area contributed by atoms with Gasteiger partial charge in [-0.3, -0.25) is 4.98 Å². The number of nitrogens with one attached hydrogen (secondary N) is 1. The first kappa shape index (κ1) is 14.8. The molecule has 1 aromatic heterocycles. The van der Waals surface area contributed by atoms with E-state index in [0.717, 1.165) is 35.2 Å². The van der Waals surface area contributed by atoms with Crippen LogP contribution in [0.3, 0.4) is 0 Å². The summed E-state index contributed by atoms with van der Waals surface area (Å²) in [6.07, 6.45) is 5.25. The SMILES string of the molecule is CNC(Cc1cc(Br)cc2c1OCC2)c1ccncc1Cl. The summed E-state index contributed by atoms with van der Waals surface area (Å²) < 4.78 is 6.90. The number of ether oxygens (including phenoxy) is 1. The summed E-state index contributed by atoms with van der Waals surface area (Å²) in [6.45, 7) is 0.763. The zero-order valence-corrected chi connectivity index (χ0v) is 14.0. The van der Waals surface area contributed by atoms with Crippen LogP contribution in [-0.2, 0) is 12.8 Å². The van der Waals surface area contributed by atoms with Gasteiger partial charge in [-0.1, -0.05) is 27.5 Å². The van der Waals surface area contributed by atoms with Crippen LogP contribution in [0.5, 0.6) is 5.75 Å². The van der Waals surface area contributed by atoms with Crippen molar-refractivity contribution in [2.75, 3.05) is 13.7 Å². The predicted molar refractivity (Wildman–Crippen MR) is 88.1 cm³/mol. The van der Waals surface area contributed by atoms with Gasteiger partial charge in [0, 0.05) is 29.3 Å². The molecule has 21 heavy (non-hydrogen) atoms. The molecule has 0 fully saturated rings. The lowest BCUT2D eigenvalue weighted by Crippen LogP contribution is -2.19. The second kappa shape index (κ2) is 6.34. The molecule has 0 bridgehead atoms. The Bertz CT molecular complexity index is 663. The smallest absolute Gasteiger partial charge is 0.125 e. The van der Waals surface area contributed by atoms with Crippen molar-refractivity contribution in [1.82, 2.24) is 10.3 Å². The first-order chi connectivity index (χ1) is 10.2. The number of hydrogen-bond acceptors (Lipinski definition) is 3. The molecule has 110 valence electrons. The standard InChI is InChI=1S/C16H16BrClN2O/c1-19-15(13-2-4-20-9-14(13)18)8-11-7-12(17)6-10-3-5-21-16(10)11/h2,4,6-7,9,15,19H,3,5,8H2,1H3. The molecule has 3 rings (SSSR count). The molecule has 0 spiro atoms. The molecule has 1 aliphatic heterocycles. The van der Waals surface area contributed by atoms with Gasteiger partial charge in [0.15, 0.2) is 0 Å². The Morgan fingerprint density at radius 1 is 1.48 bits per heavy atom. The van der Waals surface area contributed by atoms with Gasteiger partial charge in [0.1, 0.15) is 5.75 Å². The largest absolute Gasteiger partial charge is 0.493 e. The summed E-state index contributed by atoms with van der Waals surface area (Å²) in [5.74, 6) is 1.03. The number of pyridine rings is 1. The average molecular weight is 368 g/mol. The van der Waals surface area contributed by atoms with Crippen molar-refractivity contribution >= 4 is 27.5 Å². The van der Waals surface area contributed by atoms with Crippen molar-refractivity contribution in [3.8, 4) is 5.75 Å². The van der Waals surface area contributed by atoms with Crippen molar-refractivity contribution in [3.05, 3.63) is 56.8 Å². The van der Waals surface area contributed by atoms with E-state index >= 15 is 0 Å². The molecule has 0 radical (unpaired) electrons. The van der Waals surface area contributed by atoms with E-state index in [1.807, 2.05) is 13.1 Å². The molecular weight excluding hydrogens is 352 g/mol. The van der Waals surface area contributed by atoms with Crippen LogP contribution in [0.2, 0.25) is 5.02 Å². The maximum atomic E-state index is 6.27. The summed E-state index contributed by atoms with van der Waals surface area (Å²) in [5.41, 5.74) is 3.53. The highest BCUT2D eigenvalue weighted by Gasteiger charge is 2.21. The lowest BCUT2D eigenvalue weighted by Gasteiger charge is -2.19. The van der Waals surface area contributed by atoms with Gasteiger partial charge in [-0.15, -0.1) is 0 Å². The van der Waals surface area contributed by atoms with E-state index in [1.165, 1.54) is 11.1 Å². The lowest BCUT2D eigenvalue weighted by atomic mass is 9.97. The van der Waals surface area contributed by atoms with E-state index in [2.05, 4.69) is 38.4 Å². The Kier molecular flexibility index (Phi) is 4.48. The molecule has 1 aliphatic rings. The van der Waals surface area contributed by atoms with E-state index < -0.39 is 0 Å². The minimum Gasteiger partial charge on any atom is -0.493 e. The van der Waals surface area contributed by atoms with Crippen LogP contribution in [-0.4, -0.2) is 18.6 Å². The third-order valence-corrected chi connectivity index (χ3v) is 4.55. The molecule has 1 atom stereocenters. The van der Waals surface area contributed by atoms with Crippen LogP contribution >= 0.6 is 27.5 Å². The minimum atomic E-state index is 0.128. The Morgan fingerprint density at radius 3 is 3.10 bits per heavy atom. The third-order valence-electron chi connectivity index (χ3n) is 3.78. The van der Waals surface area contributed by atoms with Gasteiger partial charge in [0.05, 0.1) is 11.6 Å². The highest BCUT2D eigenvalue weighted by atomic mass is 79.9. The number of benzene rings is 1. The van der Waals surface area contributed by atoms with Crippen LogP contribution in [0.15, 0.2) is 35.1 Å². The van der Waals surface area contributed by atoms with E-state index in [4.69, 9.17) is 16.3 Å². The first-order valence-corrected chi connectivity index (χ1v) is 8.07. The molecule has 0 amide bonds. The fourth-order valence-electron chi connectivity index (χ4n) is 2.75. The zero-order chi connectivity index (χ0) is 14.8. The van der Waals surface area contributed by atoms with Gasteiger partial charge in [-0.05, 0) is 48.4 Å². The second-order valence-corrected chi connectivity index (χ2v) is 6.42. The Morgan fingerprint density at radius 2 is 2.33 bits per heavy atom. The van der Waals surface area contributed by atoms with Crippen LogP contribution in [0.25, 0.3) is 0 Å². The Hall–Kier alpha value is -1.10. The lowest BCUT2D eigenvalue weighted by molar-refractivity contribution is 0.352. The fourth-order valence-corrected chi connectivity index (χ4v) is 3.56. The monoisotopic (exact) mass is 366 g/mol. The maximum Gasteiger partial charge on any atom is 0.125 e. The normalized spacial score (nSPS) is 14.6. The van der Waals surface area contributed by atoms with Crippen molar-refractivity contribution in [3.63, 3.8) is 0 Å². The average Bonchev–Trinajstić information content (AvgIpc) is 2.93. The number of fused-ring (bicyclic) bond motifs is 1. The number of aromatic nitrogens is 1. The highest BCUT2D eigenvalue weighted by Crippen LogP contribution is 2.36. The molecular formula is C16H16BrClN2O. The van der Waals surface area contributed by atoms with Gasteiger partial charge in [-0.25, -0.2) is 0 Å². The first-order valence-electron chi connectivity index (χ1n) is 6.90. The van der Waals surface area contributed by atoms with E-state index in [0.29, 0.717) is 5.02 Å². The summed E-state index contributed by atoms with van der Waals surface area (Å²) in [7, 11) is 1.94. The molecule has 0 aliphatic carbocycles. The molecule has 0 saturated carbocycles. The summed E-state index contributed by atoms with van der Waals surface area (Å²) in [6, 6.07) is 6.36. The quantitative estimate of drug-likeness (QED) is 0.889. The predicted octanol–water partition coefficient (Wildman–Crippen LogP) is 3.94. The molecule has 2 aromatic rings. The summed E-state index contributed by atoms with van der Waals surface area (Å²) in [5, 5.41) is 4.02. The van der Waals surface area contributed by atoms with Crippen molar-refractivity contribution in [2.45, 2.75) is 18.9 Å². The molecule has 1 N–H and O–H groups in total. The number of nitrogens with zero attached hydrogens (tertiary/aromatic N) is 1. The highest BCUT2D eigenvalue weighted by molar-refractivity contribution is 9.10. The molecule has 0 saturated heterocycles. The van der Waals surface area contributed by atoms with Gasteiger partial charge in [0.25, 0.3) is 0 Å². The topological polar surface area (TPSA) is 34.1 Å². The van der Waals surface area contributed by atoms with Crippen molar-refractivity contribution < 1.29 is 4.74 Å². The summed E-state index contributed by atoms with van der Waals surface area (Å²) in [4.78, 5) is 4.05. The number of rotatable bonds is 4. The van der Waals surface area contributed by atoms with Crippen molar-refractivity contribution in [1.29, 1.82) is 0 Å². The molecule has 1 aromatic carbocycles. The molecule has 1 unspecified atom stereocenters. The number of halogens is 2. The van der Waals surface area contributed by atoms with E-state index in [-0.39, 0.29) is 6.04 Å². The Balaban J connectivity index is 1.94. The molecule has 5 heteroatoms.